The molecule has 0 spiro atoms. The fourth-order valence-corrected chi connectivity index (χ4v) is 8.73. The first-order valence-corrected chi connectivity index (χ1v) is 18.5. The summed E-state index contributed by atoms with van der Waals surface area (Å²) < 4.78 is 0. The number of H-pyrrole nitrogens is 2. The molecule has 262 valence electrons. The Bertz CT molecular complexity index is 1920. The molecule has 3 aliphatic heterocycles. The molecule has 3 fully saturated rings. The largest absolute Gasteiger partial charge is 0.372 e. The first-order chi connectivity index (χ1) is 24.1. The Hall–Kier alpha value is -4.44. The van der Waals surface area contributed by atoms with Crippen LogP contribution in [0.4, 0.5) is 5.69 Å². The van der Waals surface area contributed by atoms with Gasteiger partial charge in [0.25, 0.3) is 5.91 Å². The molecule has 10 heteroatoms. The summed E-state index contributed by atoms with van der Waals surface area (Å²) >= 11 is 0. The number of hydrogen-bond donors (Lipinski definition) is 3. The van der Waals surface area contributed by atoms with E-state index in [9.17, 15) is 14.4 Å². The second kappa shape index (κ2) is 13.0. The maximum Gasteiger partial charge on any atom is 0.254 e. The highest BCUT2D eigenvalue weighted by atomic mass is 16.2. The predicted octanol–water partition coefficient (Wildman–Crippen LogP) is 5.66. The number of amides is 3. The van der Waals surface area contributed by atoms with Crippen LogP contribution in [0, 0.1) is 11.3 Å². The molecule has 1 aliphatic carbocycles. The minimum Gasteiger partial charge on any atom is -0.372 e. The fourth-order valence-electron chi connectivity index (χ4n) is 8.73. The number of benzene rings is 2. The van der Waals surface area contributed by atoms with E-state index in [0.29, 0.717) is 30.2 Å². The first-order valence-electron chi connectivity index (χ1n) is 18.5. The fraction of sp³-hybridized carbons (Fsp3) is 0.500. The number of fused-ring (bicyclic) bond motifs is 2. The lowest BCUT2D eigenvalue weighted by atomic mass is 9.76. The molecule has 3 saturated heterocycles. The lowest BCUT2D eigenvalue weighted by molar-refractivity contribution is -0.134. The predicted molar refractivity (Wildman–Crippen MR) is 195 cm³/mol. The van der Waals surface area contributed by atoms with Crippen molar-refractivity contribution in [2.24, 2.45) is 11.3 Å². The van der Waals surface area contributed by atoms with Crippen LogP contribution in [-0.4, -0.2) is 88.0 Å². The summed E-state index contributed by atoms with van der Waals surface area (Å²) in [7, 11) is 0. The SMILES string of the molecule is C[C@H]1CN(C(=O)c2ccc3cc(-c4n[nH]c5c4CCC(C)(C)C5)[nH]c3c2)CCN1CC1CCN(c2ccc([C@H]3CCC(=O)NC3=O)cc2)CC1. The van der Waals surface area contributed by atoms with Gasteiger partial charge in [0.15, 0.2) is 0 Å². The van der Waals surface area contributed by atoms with Crippen LogP contribution in [0.15, 0.2) is 48.5 Å². The van der Waals surface area contributed by atoms with Gasteiger partial charge in [0.2, 0.25) is 11.8 Å². The smallest absolute Gasteiger partial charge is 0.254 e. The Balaban J connectivity index is 0.838. The van der Waals surface area contributed by atoms with Crippen molar-refractivity contribution in [2.45, 2.75) is 77.7 Å². The Labute approximate surface area is 294 Å². The lowest BCUT2D eigenvalue weighted by Gasteiger charge is -2.43. The van der Waals surface area contributed by atoms with Crippen LogP contribution in [0.25, 0.3) is 22.3 Å². The number of nitrogens with zero attached hydrogens (tertiary/aromatic N) is 4. The van der Waals surface area contributed by atoms with E-state index in [1.54, 1.807) is 0 Å². The third-order valence-corrected chi connectivity index (χ3v) is 11.8. The summed E-state index contributed by atoms with van der Waals surface area (Å²) in [6, 6.07) is 16.8. The van der Waals surface area contributed by atoms with E-state index in [1.807, 2.05) is 29.2 Å². The van der Waals surface area contributed by atoms with Gasteiger partial charge in [-0.2, -0.15) is 5.10 Å². The molecule has 2 aromatic carbocycles. The third-order valence-electron chi connectivity index (χ3n) is 11.8. The van der Waals surface area contributed by atoms with E-state index in [4.69, 9.17) is 5.10 Å². The molecular formula is C40H49N7O3. The number of nitrogens with one attached hydrogen (secondary N) is 3. The van der Waals surface area contributed by atoms with E-state index in [1.165, 1.54) is 16.9 Å². The molecule has 4 aromatic rings. The molecular weight excluding hydrogens is 626 g/mol. The molecule has 3 amide bonds. The van der Waals surface area contributed by atoms with Crippen molar-refractivity contribution in [3.05, 3.63) is 70.9 Å². The van der Waals surface area contributed by atoms with Gasteiger partial charge < -0.3 is 14.8 Å². The van der Waals surface area contributed by atoms with Gasteiger partial charge in [0.05, 0.1) is 11.6 Å². The average molecular weight is 676 g/mol. The highest BCUT2D eigenvalue weighted by Gasteiger charge is 2.32. The minimum atomic E-state index is -0.243. The number of hydrogen-bond acceptors (Lipinski definition) is 6. The minimum absolute atomic E-state index is 0.103. The number of carbonyl (C=O) groups excluding carboxylic acids is 3. The van der Waals surface area contributed by atoms with Gasteiger partial charge in [0.1, 0.15) is 5.69 Å². The Morgan fingerprint density at radius 1 is 0.960 bits per heavy atom. The summed E-state index contributed by atoms with van der Waals surface area (Å²) in [6.07, 6.45) is 6.45. The number of anilines is 1. The molecule has 4 aliphatic rings. The van der Waals surface area contributed by atoms with Crippen LogP contribution < -0.4 is 10.2 Å². The van der Waals surface area contributed by atoms with Crippen molar-refractivity contribution in [1.82, 2.24) is 30.3 Å². The highest BCUT2D eigenvalue weighted by Crippen LogP contribution is 2.38. The van der Waals surface area contributed by atoms with Crippen LogP contribution in [0.1, 0.15) is 86.0 Å². The number of aromatic amines is 2. The summed E-state index contributed by atoms with van der Waals surface area (Å²) in [6.45, 7) is 12.4. The second-order valence-electron chi connectivity index (χ2n) is 16.0. The molecule has 2 aromatic heterocycles. The number of piperazine rings is 1. The summed E-state index contributed by atoms with van der Waals surface area (Å²) in [5, 5.41) is 11.6. The van der Waals surface area contributed by atoms with Gasteiger partial charge >= 0.3 is 0 Å². The van der Waals surface area contributed by atoms with Gasteiger partial charge in [-0.25, -0.2) is 0 Å². The molecule has 50 heavy (non-hydrogen) atoms. The quantitative estimate of drug-likeness (QED) is 0.227. The number of aromatic nitrogens is 3. The zero-order valence-electron chi connectivity index (χ0n) is 29.6. The monoisotopic (exact) mass is 675 g/mol. The van der Waals surface area contributed by atoms with Crippen molar-refractivity contribution in [3.63, 3.8) is 0 Å². The third kappa shape index (κ3) is 6.45. The first kappa shape index (κ1) is 32.7. The molecule has 0 bridgehead atoms. The maximum absolute atomic E-state index is 13.7. The van der Waals surface area contributed by atoms with Gasteiger partial charge in [-0.15, -0.1) is 0 Å². The molecule has 10 nitrogen and oxygen atoms in total. The number of imide groups is 1. The van der Waals surface area contributed by atoms with Crippen molar-refractivity contribution >= 4 is 34.3 Å². The molecule has 3 N–H and O–H groups in total. The summed E-state index contributed by atoms with van der Waals surface area (Å²) in [5.41, 5.74) is 8.77. The Kier molecular flexibility index (Phi) is 8.53. The van der Waals surface area contributed by atoms with E-state index in [0.717, 1.165) is 105 Å². The van der Waals surface area contributed by atoms with Gasteiger partial charge in [0, 0.05) is 85.1 Å². The maximum atomic E-state index is 13.7. The lowest BCUT2D eigenvalue weighted by Crippen LogP contribution is -2.55. The molecule has 8 rings (SSSR count). The Morgan fingerprint density at radius 2 is 1.76 bits per heavy atom. The highest BCUT2D eigenvalue weighted by molar-refractivity contribution is 6.01. The van der Waals surface area contributed by atoms with Crippen LogP contribution in [0.3, 0.4) is 0 Å². The second-order valence-corrected chi connectivity index (χ2v) is 16.0. The molecule has 0 radical (unpaired) electrons. The van der Waals surface area contributed by atoms with E-state index < -0.39 is 0 Å². The zero-order valence-corrected chi connectivity index (χ0v) is 29.6. The summed E-state index contributed by atoms with van der Waals surface area (Å²) in [5.74, 6) is 0.131. The van der Waals surface area contributed by atoms with Crippen molar-refractivity contribution in [1.29, 1.82) is 0 Å². The van der Waals surface area contributed by atoms with E-state index in [2.05, 4.69) is 70.2 Å². The zero-order chi connectivity index (χ0) is 34.6. The van der Waals surface area contributed by atoms with Crippen molar-refractivity contribution in [3.8, 4) is 11.4 Å². The van der Waals surface area contributed by atoms with Crippen LogP contribution in [0.5, 0.6) is 0 Å². The Morgan fingerprint density at radius 3 is 2.52 bits per heavy atom. The number of carbonyl (C=O) groups is 3. The van der Waals surface area contributed by atoms with E-state index >= 15 is 0 Å². The topological polar surface area (TPSA) is 117 Å². The van der Waals surface area contributed by atoms with E-state index in [-0.39, 0.29) is 23.6 Å². The summed E-state index contributed by atoms with van der Waals surface area (Å²) in [4.78, 5) is 48.1. The number of rotatable bonds is 6. The van der Waals surface area contributed by atoms with Crippen LogP contribution in [-0.2, 0) is 22.4 Å². The van der Waals surface area contributed by atoms with Gasteiger partial charge in [-0.1, -0.05) is 32.0 Å². The standard InChI is InChI=1S/C40H49N7O3/c1-25-23-47(39(50)29-5-4-28-20-34(41-33(28)21-29)37-32-12-15-40(2,3)22-35(32)43-44-37)19-18-46(25)24-26-13-16-45(17-14-26)30-8-6-27(7-9-30)31-10-11-36(48)42-38(31)49/h4-9,20-21,25-26,31,41H,10-19,22-24H2,1-3H3,(H,43,44)(H,42,48,49)/t25-,31+/m0/s1. The van der Waals surface area contributed by atoms with Gasteiger partial charge in [-0.3, -0.25) is 29.7 Å². The van der Waals surface area contributed by atoms with Crippen molar-refractivity contribution in [2.75, 3.05) is 44.2 Å². The van der Waals surface area contributed by atoms with Crippen molar-refractivity contribution < 1.29 is 14.4 Å². The van der Waals surface area contributed by atoms with Gasteiger partial charge in [-0.05, 0) is 92.7 Å². The molecule has 2 atom stereocenters. The normalized spacial score (nSPS) is 23.3. The molecule has 5 heterocycles. The van der Waals surface area contributed by atoms with Crippen LogP contribution >= 0.6 is 0 Å². The average Bonchev–Trinajstić information content (AvgIpc) is 3.72. The number of piperidine rings is 2. The molecule has 0 unspecified atom stereocenters. The van der Waals surface area contributed by atoms with Crippen LogP contribution in [0.2, 0.25) is 0 Å². The molecule has 0 saturated carbocycles.